The van der Waals surface area contributed by atoms with Crippen LogP contribution in [0.4, 0.5) is 10.8 Å². The van der Waals surface area contributed by atoms with Gasteiger partial charge in [-0.05, 0) is 18.1 Å². The number of hydrogen-bond acceptors (Lipinski definition) is 6. The van der Waals surface area contributed by atoms with Gasteiger partial charge < -0.3 is 5.73 Å². The van der Waals surface area contributed by atoms with E-state index >= 15 is 0 Å². The molecule has 0 unspecified atom stereocenters. The van der Waals surface area contributed by atoms with Gasteiger partial charge in [-0.25, -0.2) is 8.42 Å². The number of nitrogens with two attached hydrogens (primary N) is 1. The summed E-state index contributed by atoms with van der Waals surface area (Å²) in [7, 11) is -3.53. The standard InChI is InChI=1S/C11H14N4O2S2/c1-2-10-13-14-11(18-10)15-19(16,17)7-8-5-3-4-6-9(8)12/h3-6H,2,7,12H2,1H3,(H,14,15). The molecule has 19 heavy (non-hydrogen) atoms. The van der Waals surface area contributed by atoms with Crippen molar-refractivity contribution in [2.45, 2.75) is 19.1 Å². The Morgan fingerprint density at radius 1 is 1.32 bits per heavy atom. The molecule has 0 atom stereocenters. The summed E-state index contributed by atoms with van der Waals surface area (Å²) < 4.78 is 26.4. The number of nitrogens with one attached hydrogen (secondary N) is 1. The number of rotatable bonds is 5. The zero-order valence-corrected chi connectivity index (χ0v) is 12.0. The van der Waals surface area contributed by atoms with Crippen molar-refractivity contribution in [1.82, 2.24) is 10.2 Å². The van der Waals surface area contributed by atoms with E-state index in [1.165, 1.54) is 11.3 Å². The first-order valence-electron chi connectivity index (χ1n) is 5.66. The van der Waals surface area contributed by atoms with E-state index in [0.717, 1.165) is 11.4 Å². The van der Waals surface area contributed by atoms with Gasteiger partial charge in [-0.3, -0.25) is 4.72 Å². The van der Waals surface area contributed by atoms with Crippen LogP contribution in [-0.4, -0.2) is 18.6 Å². The molecule has 0 radical (unpaired) electrons. The van der Waals surface area contributed by atoms with Crippen molar-refractivity contribution < 1.29 is 8.42 Å². The summed E-state index contributed by atoms with van der Waals surface area (Å²) >= 11 is 1.23. The van der Waals surface area contributed by atoms with Crippen molar-refractivity contribution in [2.75, 3.05) is 10.5 Å². The van der Waals surface area contributed by atoms with Crippen molar-refractivity contribution >= 4 is 32.2 Å². The molecule has 0 fully saturated rings. The Morgan fingerprint density at radius 3 is 2.68 bits per heavy atom. The number of sulfonamides is 1. The second-order valence-electron chi connectivity index (χ2n) is 3.91. The number of benzene rings is 1. The van der Waals surface area contributed by atoms with Gasteiger partial charge in [-0.2, -0.15) is 0 Å². The van der Waals surface area contributed by atoms with Gasteiger partial charge in [0.05, 0.1) is 5.75 Å². The van der Waals surface area contributed by atoms with Crippen LogP contribution in [0, 0.1) is 0 Å². The molecule has 6 nitrogen and oxygen atoms in total. The number of aromatic nitrogens is 2. The lowest BCUT2D eigenvalue weighted by molar-refractivity contribution is 0.600. The highest BCUT2D eigenvalue weighted by Gasteiger charge is 2.15. The van der Waals surface area contributed by atoms with Gasteiger partial charge in [0.15, 0.2) is 0 Å². The second kappa shape index (κ2) is 5.54. The molecule has 1 aromatic heterocycles. The van der Waals surface area contributed by atoms with E-state index in [-0.39, 0.29) is 10.9 Å². The third-order valence-corrected chi connectivity index (χ3v) is 4.72. The van der Waals surface area contributed by atoms with Gasteiger partial charge >= 0.3 is 0 Å². The molecule has 0 amide bonds. The lowest BCUT2D eigenvalue weighted by Crippen LogP contribution is -2.15. The molecular formula is C11H14N4O2S2. The molecule has 0 aliphatic carbocycles. The van der Waals surface area contributed by atoms with Crippen molar-refractivity contribution in [3.8, 4) is 0 Å². The van der Waals surface area contributed by atoms with Crippen molar-refractivity contribution in [3.63, 3.8) is 0 Å². The van der Waals surface area contributed by atoms with Crippen molar-refractivity contribution in [2.24, 2.45) is 0 Å². The molecular weight excluding hydrogens is 284 g/mol. The summed E-state index contributed by atoms with van der Waals surface area (Å²) in [5.41, 5.74) is 6.75. The zero-order chi connectivity index (χ0) is 13.9. The molecule has 0 spiro atoms. The summed E-state index contributed by atoms with van der Waals surface area (Å²) in [5.74, 6) is -0.180. The third-order valence-electron chi connectivity index (χ3n) is 2.41. The summed E-state index contributed by atoms with van der Waals surface area (Å²) in [6.45, 7) is 1.93. The third kappa shape index (κ3) is 3.65. The Labute approximate surface area is 115 Å². The maximum Gasteiger partial charge on any atom is 0.238 e. The average molecular weight is 298 g/mol. The fraction of sp³-hybridized carbons (Fsp3) is 0.273. The van der Waals surface area contributed by atoms with Crippen LogP contribution in [0.25, 0.3) is 0 Å². The molecule has 2 aromatic rings. The largest absolute Gasteiger partial charge is 0.398 e. The number of hydrogen-bond donors (Lipinski definition) is 2. The Bertz CT molecular complexity index is 667. The highest BCUT2D eigenvalue weighted by molar-refractivity contribution is 7.92. The van der Waals surface area contributed by atoms with Crippen molar-refractivity contribution in [3.05, 3.63) is 34.8 Å². The van der Waals surface area contributed by atoms with Crippen molar-refractivity contribution in [1.29, 1.82) is 0 Å². The molecule has 2 rings (SSSR count). The summed E-state index contributed by atoms with van der Waals surface area (Å²) in [6.07, 6.45) is 0.727. The molecule has 0 aliphatic rings. The van der Waals surface area contributed by atoms with Crippen LogP contribution in [0.5, 0.6) is 0 Å². The fourth-order valence-corrected chi connectivity index (χ4v) is 3.61. The maximum absolute atomic E-state index is 12.0. The van der Waals surface area contributed by atoms with Crippen LogP contribution in [-0.2, 0) is 22.2 Å². The first kappa shape index (κ1) is 13.8. The number of aryl methyl sites for hydroxylation is 1. The number of nitrogens with zero attached hydrogens (tertiary/aromatic N) is 2. The van der Waals surface area contributed by atoms with Gasteiger partial charge in [0.2, 0.25) is 15.2 Å². The van der Waals surface area contributed by atoms with Gasteiger partial charge in [-0.15, -0.1) is 10.2 Å². The van der Waals surface area contributed by atoms with Crippen LogP contribution in [0.2, 0.25) is 0 Å². The topological polar surface area (TPSA) is 98.0 Å². The van der Waals surface area contributed by atoms with E-state index in [1.807, 2.05) is 6.92 Å². The second-order valence-corrected chi connectivity index (χ2v) is 6.70. The lowest BCUT2D eigenvalue weighted by atomic mass is 10.2. The highest BCUT2D eigenvalue weighted by atomic mass is 32.2. The summed E-state index contributed by atoms with van der Waals surface area (Å²) in [4.78, 5) is 0. The molecule has 3 N–H and O–H groups in total. The Morgan fingerprint density at radius 2 is 2.05 bits per heavy atom. The van der Waals surface area contributed by atoms with Crippen LogP contribution in [0.1, 0.15) is 17.5 Å². The van der Waals surface area contributed by atoms with Gasteiger partial charge in [0, 0.05) is 5.69 Å². The normalized spacial score (nSPS) is 11.4. The highest BCUT2D eigenvalue weighted by Crippen LogP contribution is 2.20. The average Bonchev–Trinajstić information content (AvgIpc) is 2.78. The number of anilines is 2. The van der Waals surface area contributed by atoms with Crippen LogP contribution in [0.15, 0.2) is 24.3 Å². The smallest absolute Gasteiger partial charge is 0.238 e. The Hall–Kier alpha value is -1.67. The monoisotopic (exact) mass is 298 g/mol. The first-order valence-corrected chi connectivity index (χ1v) is 8.13. The van der Waals surface area contributed by atoms with Crippen LogP contribution < -0.4 is 10.5 Å². The minimum Gasteiger partial charge on any atom is -0.398 e. The maximum atomic E-state index is 12.0. The lowest BCUT2D eigenvalue weighted by Gasteiger charge is -2.06. The molecule has 0 bridgehead atoms. The predicted molar refractivity (Wildman–Crippen MR) is 76.4 cm³/mol. The van der Waals surface area contributed by atoms with Gasteiger partial charge in [-0.1, -0.05) is 36.5 Å². The predicted octanol–water partition coefficient (Wildman–Crippen LogP) is 1.62. The fourth-order valence-electron chi connectivity index (χ4n) is 1.48. The number of nitrogen functional groups attached to an aromatic ring is 1. The van der Waals surface area contributed by atoms with Gasteiger partial charge in [0.1, 0.15) is 5.01 Å². The van der Waals surface area contributed by atoms with E-state index in [2.05, 4.69) is 14.9 Å². The molecule has 1 aromatic carbocycles. The quantitative estimate of drug-likeness (QED) is 0.817. The minimum absolute atomic E-state index is 0.180. The van der Waals surface area contributed by atoms with E-state index in [1.54, 1.807) is 24.3 Å². The molecule has 8 heteroatoms. The van der Waals surface area contributed by atoms with E-state index in [9.17, 15) is 8.42 Å². The molecule has 0 aliphatic heterocycles. The van der Waals surface area contributed by atoms with Crippen LogP contribution in [0.3, 0.4) is 0 Å². The summed E-state index contributed by atoms with van der Waals surface area (Å²) in [5, 5.41) is 8.72. The minimum atomic E-state index is -3.53. The summed E-state index contributed by atoms with van der Waals surface area (Å²) in [6, 6.07) is 6.87. The number of para-hydroxylation sites is 1. The van der Waals surface area contributed by atoms with E-state index in [4.69, 9.17) is 5.73 Å². The molecule has 102 valence electrons. The van der Waals surface area contributed by atoms with Crippen LogP contribution >= 0.6 is 11.3 Å². The Balaban J connectivity index is 2.13. The van der Waals surface area contributed by atoms with E-state index < -0.39 is 10.0 Å². The molecule has 0 saturated heterocycles. The zero-order valence-electron chi connectivity index (χ0n) is 10.3. The molecule has 1 heterocycles. The Kier molecular flexibility index (Phi) is 4.01. The van der Waals surface area contributed by atoms with Gasteiger partial charge in [0.25, 0.3) is 0 Å². The molecule has 0 saturated carbocycles. The van der Waals surface area contributed by atoms with E-state index in [0.29, 0.717) is 11.3 Å². The SMILES string of the molecule is CCc1nnc(NS(=O)(=O)Cc2ccccc2N)s1. The first-order chi connectivity index (χ1) is 9.00.